The summed E-state index contributed by atoms with van der Waals surface area (Å²) in [6.07, 6.45) is -1.22. The van der Waals surface area contributed by atoms with E-state index in [1.165, 1.54) is 0 Å². The van der Waals surface area contributed by atoms with Crippen molar-refractivity contribution in [3.05, 3.63) is 66.2 Å². The normalized spacial score (nSPS) is 12.8. The summed E-state index contributed by atoms with van der Waals surface area (Å²) in [6, 6.07) is 15.6. The van der Waals surface area contributed by atoms with Gasteiger partial charge in [0.25, 0.3) is 0 Å². The minimum Gasteiger partial charge on any atom is -0.464 e. The number of rotatable bonds is 6. The van der Waals surface area contributed by atoms with Crippen molar-refractivity contribution in [2.45, 2.75) is 19.1 Å². The molecular weight excluding hydrogens is 308 g/mol. The van der Waals surface area contributed by atoms with Crippen LogP contribution in [0, 0.1) is 0 Å². The minimum absolute atomic E-state index is 0.152. The van der Waals surface area contributed by atoms with Crippen molar-refractivity contribution >= 4 is 17.7 Å². The number of carbonyl (C=O) groups is 2. The van der Waals surface area contributed by atoms with Crippen LogP contribution in [0.15, 0.2) is 60.7 Å². The van der Waals surface area contributed by atoms with Gasteiger partial charge in [-0.15, -0.1) is 0 Å². The molecule has 0 saturated carbocycles. The monoisotopic (exact) mass is 328 g/mol. The van der Waals surface area contributed by atoms with E-state index in [9.17, 15) is 14.7 Å². The van der Waals surface area contributed by atoms with Gasteiger partial charge in [-0.05, 0) is 24.6 Å². The SMILES string of the molecule is CCOC(=O)C(NC(=O)Nc1ccccc1)C(O)c1ccccc1. The van der Waals surface area contributed by atoms with Gasteiger partial charge in [0.15, 0.2) is 6.04 Å². The number of hydrogen-bond acceptors (Lipinski definition) is 4. The Morgan fingerprint density at radius 1 is 1.04 bits per heavy atom. The molecule has 0 heterocycles. The summed E-state index contributed by atoms with van der Waals surface area (Å²) in [5.41, 5.74) is 1.09. The maximum Gasteiger partial charge on any atom is 0.331 e. The third-order valence-electron chi connectivity index (χ3n) is 3.32. The first-order valence-electron chi connectivity index (χ1n) is 7.64. The molecule has 0 bridgehead atoms. The van der Waals surface area contributed by atoms with Gasteiger partial charge < -0.3 is 20.5 Å². The number of carbonyl (C=O) groups excluding carboxylic acids is 2. The Balaban J connectivity index is 2.11. The topological polar surface area (TPSA) is 87.7 Å². The lowest BCUT2D eigenvalue weighted by Gasteiger charge is -2.23. The summed E-state index contributed by atoms with van der Waals surface area (Å²) in [4.78, 5) is 24.2. The van der Waals surface area contributed by atoms with E-state index in [0.717, 1.165) is 0 Å². The molecule has 0 saturated heterocycles. The molecule has 0 fully saturated rings. The molecular formula is C18H20N2O4. The largest absolute Gasteiger partial charge is 0.464 e. The molecule has 0 spiro atoms. The van der Waals surface area contributed by atoms with Crippen molar-refractivity contribution in [1.29, 1.82) is 0 Å². The Bertz CT molecular complexity index is 661. The molecule has 24 heavy (non-hydrogen) atoms. The average molecular weight is 328 g/mol. The predicted octanol–water partition coefficient (Wildman–Crippen LogP) is 2.47. The summed E-state index contributed by atoms with van der Waals surface area (Å²) >= 11 is 0. The molecule has 6 nitrogen and oxygen atoms in total. The number of esters is 1. The number of para-hydroxylation sites is 1. The van der Waals surface area contributed by atoms with Crippen LogP contribution in [-0.2, 0) is 9.53 Å². The predicted molar refractivity (Wildman–Crippen MR) is 90.4 cm³/mol. The van der Waals surface area contributed by atoms with Gasteiger partial charge in [-0.2, -0.15) is 0 Å². The first-order valence-corrected chi connectivity index (χ1v) is 7.64. The molecule has 0 aliphatic rings. The van der Waals surface area contributed by atoms with Crippen LogP contribution >= 0.6 is 0 Å². The molecule has 2 amide bonds. The lowest BCUT2D eigenvalue weighted by molar-refractivity contribution is -0.148. The number of amides is 2. The summed E-state index contributed by atoms with van der Waals surface area (Å²) in [5.74, 6) is -0.697. The van der Waals surface area contributed by atoms with Crippen molar-refractivity contribution < 1.29 is 19.4 Å². The van der Waals surface area contributed by atoms with Crippen molar-refractivity contribution in [2.75, 3.05) is 11.9 Å². The Morgan fingerprint density at radius 3 is 2.21 bits per heavy atom. The Kier molecular flexibility index (Phi) is 6.33. The van der Waals surface area contributed by atoms with Crippen molar-refractivity contribution in [2.24, 2.45) is 0 Å². The maximum atomic E-state index is 12.1. The third kappa shape index (κ3) is 4.82. The fraction of sp³-hybridized carbons (Fsp3) is 0.222. The lowest BCUT2D eigenvalue weighted by atomic mass is 10.0. The number of anilines is 1. The fourth-order valence-corrected chi connectivity index (χ4v) is 2.17. The number of aliphatic hydroxyl groups is 1. The van der Waals surface area contributed by atoms with Gasteiger partial charge in [-0.1, -0.05) is 48.5 Å². The number of ether oxygens (including phenoxy) is 1. The first kappa shape index (κ1) is 17.5. The second-order valence-electron chi connectivity index (χ2n) is 5.05. The summed E-state index contributed by atoms with van der Waals surface area (Å²) in [5, 5.41) is 15.5. The number of nitrogens with one attached hydrogen (secondary N) is 2. The Labute approximate surface area is 140 Å². The van der Waals surface area contributed by atoms with E-state index in [0.29, 0.717) is 11.3 Å². The van der Waals surface area contributed by atoms with E-state index in [1.54, 1.807) is 61.5 Å². The average Bonchev–Trinajstić information content (AvgIpc) is 2.61. The Hall–Kier alpha value is -2.86. The van der Waals surface area contributed by atoms with Crippen molar-refractivity contribution in [1.82, 2.24) is 5.32 Å². The molecule has 2 atom stereocenters. The molecule has 2 aromatic rings. The van der Waals surface area contributed by atoms with Crippen LogP contribution < -0.4 is 10.6 Å². The van der Waals surface area contributed by atoms with E-state index < -0.39 is 24.1 Å². The molecule has 2 rings (SSSR count). The number of hydrogen-bond donors (Lipinski definition) is 3. The lowest BCUT2D eigenvalue weighted by Crippen LogP contribution is -2.47. The van der Waals surface area contributed by atoms with Gasteiger partial charge in [0, 0.05) is 5.69 Å². The smallest absolute Gasteiger partial charge is 0.331 e. The van der Waals surface area contributed by atoms with E-state index in [1.807, 2.05) is 6.07 Å². The zero-order valence-corrected chi connectivity index (χ0v) is 13.3. The second-order valence-corrected chi connectivity index (χ2v) is 5.05. The molecule has 0 aliphatic carbocycles. The zero-order chi connectivity index (χ0) is 17.4. The molecule has 0 aliphatic heterocycles. The quantitative estimate of drug-likeness (QED) is 0.711. The summed E-state index contributed by atoms with van der Waals surface area (Å²) in [7, 11) is 0. The van der Waals surface area contributed by atoms with Crippen LogP contribution in [0.5, 0.6) is 0 Å². The van der Waals surface area contributed by atoms with Crippen LogP contribution in [0.25, 0.3) is 0 Å². The van der Waals surface area contributed by atoms with Crippen LogP contribution in [0.3, 0.4) is 0 Å². The highest BCUT2D eigenvalue weighted by Crippen LogP contribution is 2.18. The van der Waals surface area contributed by atoms with Crippen LogP contribution in [0.1, 0.15) is 18.6 Å². The molecule has 0 radical (unpaired) electrons. The molecule has 126 valence electrons. The van der Waals surface area contributed by atoms with Gasteiger partial charge in [0.05, 0.1) is 6.61 Å². The summed E-state index contributed by atoms with van der Waals surface area (Å²) < 4.78 is 4.96. The number of urea groups is 1. The fourth-order valence-electron chi connectivity index (χ4n) is 2.17. The third-order valence-corrected chi connectivity index (χ3v) is 3.32. The van der Waals surface area contributed by atoms with Gasteiger partial charge in [-0.3, -0.25) is 0 Å². The number of benzene rings is 2. The first-order chi connectivity index (χ1) is 11.6. The molecule has 2 unspecified atom stereocenters. The highest BCUT2D eigenvalue weighted by Gasteiger charge is 2.31. The van der Waals surface area contributed by atoms with Gasteiger partial charge in [-0.25, -0.2) is 9.59 Å². The van der Waals surface area contributed by atoms with Crippen molar-refractivity contribution in [3.63, 3.8) is 0 Å². The second kappa shape index (κ2) is 8.69. The van der Waals surface area contributed by atoms with E-state index >= 15 is 0 Å². The van der Waals surface area contributed by atoms with Gasteiger partial charge in [0.2, 0.25) is 0 Å². The van der Waals surface area contributed by atoms with Crippen molar-refractivity contribution in [3.8, 4) is 0 Å². The minimum atomic E-state index is -1.22. The molecule has 0 aromatic heterocycles. The van der Waals surface area contributed by atoms with Gasteiger partial charge in [0.1, 0.15) is 6.10 Å². The maximum absolute atomic E-state index is 12.1. The van der Waals surface area contributed by atoms with Crippen LogP contribution in [0.4, 0.5) is 10.5 Å². The van der Waals surface area contributed by atoms with Crippen LogP contribution in [0.2, 0.25) is 0 Å². The zero-order valence-electron chi connectivity index (χ0n) is 13.3. The Morgan fingerprint density at radius 2 is 1.62 bits per heavy atom. The standard InChI is InChI=1S/C18H20N2O4/c1-2-24-17(22)15(16(21)13-9-5-3-6-10-13)20-18(23)19-14-11-7-4-8-12-14/h3-12,15-16,21H,2H2,1H3,(H2,19,20,23). The van der Waals surface area contributed by atoms with E-state index in [4.69, 9.17) is 4.74 Å². The molecule has 3 N–H and O–H groups in total. The molecule has 2 aromatic carbocycles. The molecule has 6 heteroatoms. The van der Waals surface area contributed by atoms with Gasteiger partial charge >= 0.3 is 12.0 Å². The summed E-state index contributed by atoms with van der Waals surface area (Å²) in [6.45, 7) is 1.81. The van der Waals surface area contributed by atoms with Crippen LogP contribution in [-0.4, -0.2) is 29.8 Å². The van der Waals surface area contributed by atoms with E-state index in [-0.39, 0.29) is 6.61 Å². The number of aliphatic hydroxyl groups excluding tert-OH is 1. The highest BCUT2D eigenvalue weighted by atomic mass is 16.5. The van der Waals surface area contributed by atoms with E-state index in [2.05, 4.69) is 10.6 Å². The highest BCUT2D eigenvalue weighted by molar-refractivity contribution is 5.92.